The Morgan fingerprint density at radius 3 is 2.74 bits per heavy atom. The average Bonchev–Trinajstić information content (AvgIpc) is 2.54. The Balaban J connectivity index is 2.12. The molecule has 1 heterocycles. The topological polar surface area (TPSA) is 77.8 Å². The summed E-state index contributed by atoms with van der Waals surface area (Å²) in [6.45, 7) is 1.91. The quantitative estimate of drug-likeness (QED) is 0.643. The van der Waals surface area contributed by atoms with Gasteiger partial charge < -0.3 is 10.6 Å². The van der Waals surface area contributed by atoms with E-state index in [1.54, 1.807) is 30.5 Å². The molecule has 1 amide bonds. The van der Waals surface area contributed by atoms with E-state index < -0.39 is 5.91 Å². The van der Waals surface area contributed by atoms with Gasteiger partial charge in [0.2, 0.25) is 0 Å². The molecule has 5 nitrogen and oxygen atoms in total. The van der Waals surface area contributed by atoms with Gasteiger partial charge in [0.25, 0.3) is 5.91 Å². The number of amides is 1. The van der Waals surface area contributed by atoms with Gasteiger partial charge in [0, 0.05) is 12.4 Å². The molecule has 0 aliphatic rings. The van der Waals surface area contributed by atoms with Crippen LogP contribution in [0.2, 0.25) is 10.0 Å². The van der Waals surface area contributed by atoms with Crippen LogP contribution in [-0.4, -0.2) is 10.9 Å². The summed E-state index contributed by atoms with van der Waals surface area (Å²) in [5, 5.41) is 15.0. The molecule has 2 rings (SSSR count). The number of carbonyl (C=O) groups is 1. The number of rotatable bonds is 4. The fourth-order valence-corrected chi connectivity index (χ4v) is 1.99. The summed E-state index contributed by atoms with van der Waals surface area (Å²) in [7, 11) is 0. The maximum atomic E-state index is 12.1. The molecule has 0 fully saturated rings. The van der Waals surface area contributed by atoms with E-state index >= 15 is 0 Å². The van der Waals surface area contributed by atoms with Crippen molar-refractivity contribution in [2.75, 3.05) is 10.6 Å². The van der Waals surface area contributed by atoms with E-state index in [1.165, 1.54) is 6.20 Å². The number of carbonyl (C=O) groups excluding carboxylic acids is 1. The number of nitriles is 1. The van der Waals surface area contributed by atoms with Crippen molar-refractivity contribution in [3.05, 3.63) is 63.9 Å². The predicted octanol–water partition coefficient (Wildman–Crippen LogP) is 4.15. The molecule has 0 atom stereocenters. The summed E-state index contributed by atoms with van der Waals surface area (Å²) in [5.74, 6) is -0.0757. The molecule has 0 radical (unpaired) electrons. The van der Waals surface area contributed by atoms with E-state index in [4.69, 9.17) is 28.5 Å². The highest BCUT2D eigenvalue weighted by Crippen LogP contribution is 2.29. The van der Waals surface area contributed by atoms with Crippen molar-refractivity contribution < 1.29 is 4.79 Å². The lowest BCUT2D eigenvalue weighted by atomic mass is 10.2. The van der Waals surface area contributed by atoms with Gasteiger partial charge in [-0.1, -0.05) is 35.3 Å². The summed E-state index contributed by atoms with van der Waals surface area (Å²) in [6.07, 6.45) is 2.96. The van der Waals surface area contributed by atoms with Crippen LogP contribution >= 0.6 is 23.2 Å². The monoisotopic (exact) mass is 346 g/mol. The summed E-state index contributed by atoms with van der Waals surface area (Å²) in [5.41, 5.74) is 1.22. The number of benzene rings is 1. The molecule has 1 aromatic heterocycles. The van der Waals surface area contributed by atoms with Crippen molar-refractivity contribution in [3.8, 4) is 6.07 Å². The Morgan fingerprint density at radius 2 is 2.09 bits per heavy atom. The first-order valence-corrected chi connectivity index (χ1v) is 7.31. The van der Waals surface area contributed by atoms with Crippen molar-refractivity contribution in [2.24, 2.45) is 0 Å². The maximum Gasteiger partial charge on any atom is 0.267 e. The van der Waals surface area contributed by atoms with Gasteiger partial charge in [0.05, 0.1) is 15.7 Å². The number of aryl methyl sites for hydroxylation is 1. The highest BCUT2D eigenvalue weighted by molar-refractivity contribution is 6.44. The number of nitrogens with zero attached hydrogens (tertiary/aromatic N) is 2. The third-order valence-corrected chi connectivity index (χ3v) is 3.66. The van der Waals surface area contributed by atoms with Crippen LogP contribution in [-0.2, 0) is 4.79 Å². The third-order valence-electron chi connectivity index (χ3n) is 2.84. The summed E-state index contributed by atoms with van der Waals surface area (Å²) in [6, 6.07) is 10.3. The molecule has 116 valence electrons. The fraction of sp³-hybridized carbons (Fsp3) is 0.0625. The Hall–Kier alpha value is -2.55. The number of aromatic nitrogens is 1. The molecule has 2 N–H and O–H groups in total. The Bertz CT molecular complexity index is 795. The highest BCUT2D eigenvalue weighted by Gasteiger charge is 2.12. The minimum absolute atomic E-state index is 0.122. The van der Waals surface area contributed by atoms with Crippen molar-refractivity contribution in [1.29, 1.82) is 5.26 Å². The van der Waals surface area contributed by atoms with Crippen molar-refractivity contribution in [3.63, 3.8) is 0 Å². The van der Waals surface area contributed by atoms with Crippen molar-refractivity contribution in [1.82, 2.24) is 4.98 Å². The first kappa shape index (κ1) is 16.8. The first-order chi connectivity index (χ1) is 11.0. The van der Waals surface area contributed by atoms with Gasteiger partial charge in [-0.25, -0.2) is 4.98 Å². The Labute approximate surface area is 143 Å². The standard InChI is InChI=1S/C16H12Cl2N4O/c1-10-5-6-14(20-8-10)21-9-11(7-19)16(23)22-13-4-2-3-12(17)15(13)18/h2-6,8-9H,1H3,(H,20,21)(H,22,23)/b11-9-. The number of anilines is 2. The lowest BCUT2D eigenvalue weighted by molar-refractivity contribution is -0.112. The zero-order valence-corrected chi connectivity index (χ0v) is 13.6. The molecule has 1 aromatic carbocycles. The predicted molar refractivity (Wildman–Crippen MR) is 91.4 cm³/mol. The van der Waals surface area contributed by atoms with Crippen LogP contribution < -0.4 is 10.6 Å². The van der Waals surface area contributed by atoms with Gasteiger partial charge in [-0.05, 0) is 30.7 Å². The molecule has 0 unspecified atom stereocenters. The largest absolute Gasteiger partial charge is 0.345 e. The second-order valence-electron chi connectivity index (χ2n) is 4.59. The number of nitrogens with one attached hydrogen (secondary N) is 2. The van der Waals surface area contributed by atoms with Crippen LogP contribution in [0.25, 0.3) is 0 Å². The van der Waals surface area contributed by atoms with E-state index in [2.05, 4.69) is 15.6 Å². The summed E-state index contributed by atoms with van der Waals surface area (Å²) >= 11 is 11.9. The Morgan fingerprint density at radius 1 is 1.30 bits per heavy atom. The van der Waals surface area contributed by atoms with Crippen LogP contribution in [0.1, 0.15) is 5.56 Å². The molecule has 0 saturated heterocycles. The van der Waals surface area contributed by atoms with Crippen molar-refractivity contribution in [2.45, 2.75) is 6.92 Å². The number of hydrogen-bond donors (Lipinski definition) is 2. The van der Waals surface area contributed by atoms with E-state index in [-0.39, 0.29) is 10.6 Å². The molecule has 0 spiro atoms. The minimum Gasteiger partial charge on any atom is -0.345 e. The van der Waals surface area contributed by atoms with Crippen LogP contribution in [0.4, 0.5) is 11.5 Å². The fourth-order valence-electron chi connectivity index (χ4n) is 1.64. The minimum atomic E-state index is -0.601. The second-order valence-corrected chi connectivity index (χ2v) is 5.38. The second kappa shape index (κ2) is 7.63. The lowest BCUT2D eigenvalue weighted by Crippen LogP contribution is -2.15. The van der Waals surface area contributed by atoms with Gasteiger partial charge in [-0.3, -0.25) is 4.79 Å². The molecule has 0 aliphatic carbocycles. The van der Waals surface area contributed by atoms with Gasteiger partial charge in [-0.2, -0.15) is 5.26 Å². The van der Waals surface area contributed by atoms with Crippen molar-refractivity contribution >= 4 is 40.6 Å². The molecule has 0 aliphatic heterocycles. The van der Waals surface area contributed by atoms with Gasteiger partial charge in [0.1, 0.15) is 17.5 Å². The average molecular weight is 347 g/mol. The number of halogens is 2. The lowest BCUT2D eigenvalue weighted by Gasteiger charge is -2.07. The van der Waals surface area contributed by atoms with Crippen LogP contribution in [0.5, 0.6) is 0 Å². The van der Waals surface area contributed by atoms with Gasteiger partial charge in [0.15, 0.2) is 0 Å². The highest BCUT2D eigenvalue weighted by atomic mass is 35.5. The SMILES string of the molecule is Cc1ccc(N/C=C(/C#N)C(=O)Nc2cccc(Cl)c2Cl)nc1. The smallest absolute Gasteiger partial charge is 0.267 e. The van der Waals surface area contributed by atoms with E-state index in [9.17, 15) is 4.79 Å². The van der Waals surface area contributed by atoms with Crippen LogP contribution in [0, 0.1) is 18.3 Å². The maximum absolute atomic E-state index is 12.1. The van der Waals surface area contributed by atoms with E-state index in [0.717, 1.165) is 5.56 Å². The molecule has 23 heavy (non-hydrogen) atoms. The molecular weight excluding hydrogens is 335 g/mol. The first-order valence-electron chi connectivity index (χ1n) is 6.56. The number of pyridine rings is 1. The molecule has 7 heteroatoms. The van der Waals surface area contributed by atoms with Crippen LogP contribution in [0.15, 0.2) is 48.3 Å². The summed E-state index contributed by atoms with van der Waals surface area (Å²) < 4.78 is 0. The molecule has 0 saturated carbocycles. The van der Waals surface area contributed by atoms with E-state index in [0.29, 0.717) is 16.5 Å². The zero-order chi connectivity index (χ0) is 16.8. The molecule has 0 bridgehead atoms. The Kier molecular flexibility index (Phi) is 5.58. The summed E-state index contributed by atoms with van der Waals surface area (Å²) in [4.78, 5) is 16.2. The van der Waals surface area contributed by atoms with Crippen LogP contribution in [0.3, 0.4) is 0 Å². The van der Waals surface area contributed by atoms with Gasteiger partial charge >= 0.3 is 0 Å². The third kappa shape index (κ3) is 4.46. The van der Waals surface area contributed by atoms with E-state index in [1.807, 2.05) is 19.1 Å². The zero-order valence-electron chi connectivity index (χ0n) is 12.1. The molecule has 2 aromatic rings. The molecular formula is C16H12Cl2N4O. The van der Waals surface area contributed by atoms with Gasteiger partial charge in [-0.15, -0.1) is 0 Å². The normalized spacial score (nSPS) is 10.8. The number of hydrogen-bond acceptors (Lipinski definition) is 4.